The number of allylic oxidation sites excluding steroid dienone is 10. The molecular formula is C44H80NO10P. The van der Waals surface area contributed by atoms with Crippen LogP contribution in [0, 0.1) is 0 Å². The zero-order chi connectivity index (χ0) is 40.5. The topological polar surface area (TPSA) is 184 Å². The molecule has 1 unspecified atom stereocenters. The zero-order valence-electron chi connectivity index (χ0n) is 35.1. The number of phosphoric ester groups is 1. The highest BCUT2D eigenvalue weighted by molar-refractivity contribution is 7.47. The Morgan fingerprint density at radius 1 is 0.482 bits per heavy atom. The Morgan fingerprint density at radius 3 is 1.27 bits per heavy atom. The molecule has 0 aliphatic rings. The molecule has 6 N–H and O–H groups in total. The van der Waals surface area contributed by atoms with Crippen molar-refractivity contribution in [3.05, 3.63) is 60.8 Å². The van der Waals surface area contributed by atoms with E-state index in [4.69, 9.17) is 18.5 Å². The van der Waals surface area contributed by atoms with Gasteiger partial charge in [-0.15, -0.1) is 0 Å². The zero-order valence-corrected chi connectivity index (χ0v) is 36.0. The summed E-state index contributed by atoms with van der Waals surface area (Å²) in [7, 11) is -4.61. The van der Waals surface area contributed by atoms with Gasteiger partial charge in [-0.25, -0.2) is 4.57 Å². The van der Waals surface area contributed by atoms with Crippen molar-refractivity contribution in [2.45, 2.75) is 180 Å². The molecular weight excluding hydrogens is 733 g/mol. The fourth-order valence-corrected chi connectivity index (χ4v) is 6.08. The Labute approximate surface area is 340 Å². The number of unbranched alkanes of at least 4 members (excludes halogenated alkanes) is 15. The third kappa shape index (κ3) is 42.8. The number of ether oxygens (including phenoxy) is 2. The van der Waals surface area contributed by atoms with Crippen LogP contribution in [-0.4, -0.2) is 65.7 Å². The number of aliphatic hydroxyl groups excluding tert-OH is 2. The number of rotatable bonds is 39. The number of phosphoric acid groups is 1. The third-order valence-electron chi connectivity index (χ3n) is 8.59. The van der Waals surface area contributed by atoms with E-state index in [1.54, 1.807) is 0 Å². The standard InChI is InChI=1S/C44H77O10P.H3N/c1-3-5-7-9-11-13-15-17-19-20-22-24-26-28-30-32-34-36-44(48)52-38-42(46)40-54-55(49,50)53-39-41(45)37-51-43(47)35-33-31-29-27-25-23-21-18-16-14-12-10-8-6-4-2;/h11,13,17-19,21-22,24,28,30,41-42,45-46H,3-10,12,14-16,20,23,25-27,29,31-40H2,1-2H3,(H,49,50);1H3/b13-11-,19-17-,21-18-,24-22-,30-28-;/t41-,42-;/m1./s1. The lowest BCUT2D eigenvalue weighted by Gasteiger charge is -2.17. The van der Waals surface area contributed by atoms with E-state index in [0.29, 0.717) is 19.3 Å². The molecule has 0 heterocycles. The maximum atomic E-state index is 12.1. The first-order valence-corrected chi connectivity index (χ1v) is 22.7. The fraction of sp³-hybridized carbons (Fsp3) is 0.727. The van der Waals surface area contributed by atoms with Crippen LogP contribution >= 0.6 is 7.82 Å². The lowest BCUT2D eigenvalue weighted by atomic mass is 10.1. The first-order valence-electron chi connectivity index (χ1n) is 21.2. The molecule has 0 radical (unpaired) electrons. The summed E-state index contributed by atoms with van der Waals surface area (Å²) in [5, 5.41) is 20.0. The highest BCUT2D eigenvalue weighted by Gasteiger charge is 2.25. The first kappa shape index (κ1) is 55.7. The normalized spacial score (nSPS) is 14.2. The van der Waals surface area contributed by atoms with E-state index in [2.05, 4.69) is 62.5 Å². The van der Waals surface area contributed by atoms with Gasteiger partial charge >= 0.3 is 19.8 Å². The molecule has 3 atom stereocenters. The van der Waals surface area contributed by atoms with Gasteiger partial charge in [0, 0.05) is 12.8 Å². The summed E-state index contributed by atoms with van der Waals surface area (Å²) < 4.78 is 31.6. The van der Waals surface area contributed by atoms with Crippen LogP contribution in [-0.2, 0) is 32.7 Å². The van der Waals surface area contributed by atoms with E-state index in [0.717, 1.165) is 57.8 Å². The van der Waals surface area contributed by atoms with E-state index < -0.39 is 51.8 Å². The van der Waals surface area contributed by atoms with Gasteiger partial charge < -0.3 is 30.7 Å². The molecule has 0 aliphatic heterocycles. The Bertz CT molecular complexity index is 1110. The van der Waals surface area contributed by atoms with Crippen LogP contribution in [0.1, 0.15) is 168 Å². The van der Waals surface area contributed by atoms with Gasteiger partial charge in [-0.1, -0.05) is 139 Å². The molecule has 0 aromatic rings. The maximum Gasteiger partial charge on any atom is 0.472 e. The molecule has 0 aromatic heterocycles. The van der Waals surface area contributed by atoms with Gasteiger partial charge in [0.2, 0.25) is 0 Å². The molecule has 0 aliphatic carbocycles. The average Bonchev–Trinajstić information content (AvgIpc) is 3.17. The molecule has 326 valence electrons. The summed E-state index contributed by atoms with van der Waals surface area (Å²) in [6.07, 6.45) is 43.5. The van der Waals surface area contributed by atoms with Gasteiger partial charge in [0.25, 0.3) is 0 Å². The van der Waals surface area contributed by atoms with Crippen molar-refractivity contribution >= 4 is 19.8 Å². The van der Waals surface area contributed by atoms with Crippen molar-refractivity contribution < 1.29 is 47.8 Å². The minimum atomic E-state index is -4.61. The average molecular weight is 814 g/mol. The summed E-state index contributed by atoms with van der Waals surface area (Å²) in [5.41, 5.74) is 0. The van der Waals surface area contributed by atoms with Crippen molar-refractivity contribution in [2.24, 2.45) is 0 Å². The van der Waals surface area contributed by atoms with Crippen molar-refractivity contribution in [2.75, 3.05) is 26.4 Å². The summed E-state index contributed by atoms with van der Waals surface area (Å²) in [4.78, 5) is 33.8. The minimum Gasteiger partial charge on any atom is -0.463 e. The summed E-state index contributed by atoms with van der Waals surface area (Å²) >= 11 is 0. The van der Waals surface area contributed by atoms with Crippen LogP contribution in [0.25, 0.3) is 0 Å². The monoisotopic (exact) mass is 814 g/mol. The van der Waals surface area contributed by atoms with E-state index in [1.165, 1.54) is 64.2 Å². The van der Waals surface area contributed by atoms with Crippen molar-refractivity contribution in [1.29, 1.82) is 0 Å². The van der Waals surface area contributed by atoms with Gasteiger partial charge in [0.15, 0.2) is 0 Å². The van der Waals surface area contributed by atoms with Crippen molar-refractivity contribution in [1.82, 2.24) is 6.15 Å². The van der Waals surface area contributed by atoms with Gasteiger partial charge in [0.05, 0.1) is 13.2 Å². The Balaban J connectivity index is 0. The second-order valence-corrected chi connectivity index (χ2v) is 15.5. The van der Waals surface area contributed by atoms with E-state index >= 15 is 0 Å². The largest absolute Gasteiger partial charge is 0.472 e. The SMILES string of the molecule is CCCCC/C=C\C/C=C\C/C=C\C/C=C\CCCC(=O)OC[C@@H](O)COP(=O)(O)OC[C@H](O)COC(=O)CCCCCCC/C=C\CCCCCCCC.N. The van der Waals surface area contributed by atoms with Crippen molar-refractivity contribution in [3.63, 3.8) is 0 Å². The number of hydrogen-bond acceptors (Lipinski definition) is 10. The summed E-state index contributed by atoms with van der Waals surface area (Å²) in [5.74, 6) is -0.943. The number of hydrogen-bond donors (Lipinski definition) is 4. The van der Waals surface area contributed by atoms with Crippen LogP contribution in [0.5, 0.6) is 0 Å². The molecule has 56 heavy (non-hydrogen) atoms. The number of carbonyl (C=O) groups excluding carboxylic acids is 2. The minimum absolute atomic E-state index is 0. The number of esters is 2. The molecule has 0 bridgehead atoms. The Kier molecular flexibility index (Phi) is 42.0. The lowest BCUT2D eigenvalue weighted by molar-refractivity contribution is -0.147. The van der Waals surface area contributed by atoms with Gasteiger partial charge in [-0.05, 0) is 77.0 Å². The van der Waals surface area contributed by atoms with Crippen LogP contribution in [0.4, 0.5) is 0 Å². The molecule has 0 saturated heterocycles. The van der Waals surface area contributed by atoms with Crippen LogP contribution in [0.2, 0.25) is 0 Å². The second-order valence-electron chi connectivity index (χ2n) is 14.0. The molecule has 11 nitrogen and oxygen atoms in total. The third-order valence-corrected chi connectivity index (χ3v) is 9.54. The Hall–Kier alpha value is -2.37. The van der Waals surface area contributed by atoms with E-state index in [1.807, 2.05) is 12.2 Å². The predicted octanol–water partition coefficient (Wildman–Crippen LogP) is 11.3. The van der Waals surface area contributed by atoms with Gasteiger partial charge in [0.1, 0.15) is 25.4 Å². The highest BCUT2D eigenvalue weighted by Crippen LogP contribution is 2.43. The van der Waals surface area contributed by atoms with Crippen LogP contribution < -0.4 is 6.15 Å². The first-order chi connectivity index (χ1) is 26.7. The summed E-state index contributed by atoms with van der Waals surface area (Å²) in [6.45, 7) is 2.43. The van der Waals surface area contributed by atoms with Crippen LogP contribution in [0.15, 0.2) is 60.8 Å². The van der Waals surface area contributed by atoms with Gasteiger partial charge in [-0.3, -0.25) is 18.6 Å². The van der Waals surface area contributed by atoms with Gasteiger partial charge in [-0.2, -0.15) is 0 Å². The molecule has 0 fully saturated rings. The molecule has 0 spiro atoms. The Morgan fingerprint density at radius 2 is 0.804 bits per heavy atom. The smallest absolute Gasteiger partial charge is 0.463 e. The molecule has 12 heteroatoms. The molecule has 0 aromatic carbocycles. The van der Waals surface area contributed by atoms with E-state index in [-0.39, 0.29) is 25.6 Å². The van der Waals surface area contributed by atoms with E-state index in [9.17, 15) is 29.3 Å². The number of aliphatic hydroxyl groups is 2. The van der Waals surface area contributed by atoms with Crippen LogP contribution in [0.3, 0.4) is 0 Å². The van der Waals surface area contributed by atoms with Crippen molar-refractivity contribution in [3.8, 4) is 0 Å². The maximum absolute atomic E-state index is 12.1. The molecule has 0 amide bonds. The number of carbonyl (C=O) groups is 2. The quantitative estimate of drug-likeness (QED) is 0.0200. The molecule has 0 saturated carbocycles. The molecule has 0 rings (SSSR count). The predicted molar refractivity (Wildman–Crippen MR) is 229 cm³/mol. The summed E-state index contributed by atoms with van der Waals surface area (Å²) in [6, 6.07) is 0. The fourth-order valence-electron chi connectivity index (χ4n) is 5.28. The highest BCUT2D eigenvalue weighted by atomic mass is 31.2. The second kappa shape index (κ2) is 42.2. The lowest BCUT2D eigenvalue weighted by Crippen LogP contribution is -2.25.